The predicted octanol–water partition coefficient (Wildman–Crippen LogP) is 1.37. The van der Waals surface area contributed by atoms with Crippen LogP contribution >= 0.6 is 0 Å². The number of aliphatic hydroxyl groups excluding tert-OH is 2. The molecule has 0 heterocycles. The van der Waals surface area contributed by atoms with Crippen LogP contribution in [0.3, 0.4) is 0 Å². The number of carbonyl (C=O) groups excluding carboxylic acids is 1. The number of nitrogens with one attached hydrogen (secondary N) is 1. The van der Waals surface area contributed by atoms with Crippen LogP contribution in [0, 0.1) is 5.82 Å². The molecule has 0 bridgehead atoms. The molecule has 7 nitrogen and oxygen atoms in total. The van der Waals surface area contributed by atoms with Gasteiger partial charge in [-0.15, -0.1) is 0 Å². The van der Waals surface area contributed by atoms with Gasteiger partial charge in [0.2, 0.25) is 0 Å². The number of amides is 1. The van der Waals surface area contributed by atoms with Crippen LogP contribution in [0.15, 0.2) is 18.2 Å². The summed E-state index contributed by atoms with van der Waals surface area (Å²) in [5.41, 5.74) is -0.678. The molecule has 0 aliphatic carbocycles. The lowest BCUT2D eigenvalue weighted by atomic mass is 10.00. The van der Waals surface area contributed by atoms with Gasteiger partial charge in [-0.25, -0.2) is 9.18 Å². The third kappa shape index (κ3) is 6.51. The minimum absolute atomic E-state index is 0.243. The van der Waals surface area contributed by atoms with Crippen molar-refractivity contribution in [3.05, 3.63) is 35.1 Å². The molecule has 0 aromatic heterocycles. The van der Waals surface area contributed by atoms with Crippen LogP contribution in [0.1, 0.15) is 38.0 Å². The van der Waals surface area contributed by atoms with E-state index in [9.17, 15) is 24.2 Å². The second kappa shape index (κ2) is 8.07. The summed E-state index contributed by atoms with van der Waals surface area (Å²) in [5.74, 6) is -1.89. The van der Waals surface area contributed by atoms with Gasteiger partial charge in [-0.3, -0.25) is 4.79 Å². The molecule has 24 heavy (non-hydrogen) atoms. The first-order valence-electron chi connectivity index (χ1n) is 7.32. The fourth-order valence-electron chi connectivity index (χ4n) is 1.93. The van der Waals surface area contributed by atoms with Crippen LogP contribution in [-0.2, 0) is 16.0 Å². The molecule has 0 spiro atoms. The Morgan fingerprint density at radius 2 is 1.92 bits per heavy atom. The zero-order valence-corrected chi connectivity index (χ0v) is 13.7. The molecule has 0 saturated carbocycles. The number of rotatable bonds is 6. The lowest BCUT2D eigenvalue weighted by Crippen LogP contribution is -2.39. The smallest absolute Gasteiger partial charge is 0.407 e. The molecular formula is C16H22FNO6. The maximum Gasteiger partial charge on any atom is 0.407 e. The van der Waals surface area contributed by atoms with E-state index in [4.69, 9.17) is 9.84 Å². The van der Waals surface area contributed by atoms with E-state index < -0.39 is 35.7 Å². The summed E-state index contributed by atoms with van der Waals surface area (Å²) in [5, 5.41) is 31.0. The van der Waals surface area contributed by atoms with Crippen LogP contribution in [-0.4, -0.2) is 45.6 Å². The van der Waals surface area contributed by atoms with Gasteiger partial charge in [0.15, 0.2) is 0 Å². The molecule has 0 saturated heterocycles. The summed E-state index contributed by atoms with van der Waals surface area (Å²) in [6, 6.07) is 3.47. The number of carboxylic acids is 1. The second-order valence-electron chi connectivity index (χ2n) is 6.32. The molecule has 1 aromatic carbocycles. The van der Waals surface area contributed by atoms with Gasteiger partial charge in [0.25, 0.3) is 0 Å². The predicted molar refractivity (Wildman–Crippen MR) is 82.9 cm³/mol. The SMILES string of the molecule is CC(C)(C)OC(=O)NCC(O)C(O)c1cc(CC(=O)O)ccc1F. The maximum absolute atomic E-state index is 13.8. The highest BCUT2D eigenvalue weighted by molar-refractivity contribution is 5.70. The van der Waals surface area contributed by atoms with E-state index in [2.05, 4.69) is 5.32 Å². The normalized spacial score (nSPS) is 13.9. The molecular weight excluding hydrogens is 321 g/mol. The number of hydrogen-bond donors (Lipinski definition) is 4. The van der Waals surface area contributed by atoms with Gasteiger partial charge in [-0.2, -0.15) is 0 Å². The Morgan fingerprint density at radius 1 is 1.29 bits per heavy atom. The first kappa shape index (κ1) is 19.9. The Bertz CT molecular complexity index is 599. The van der Waals surface area contributed by atoms with Crippen molar-refractivity contribution < 1.29 is 34.0 Å². The van der Waals surface area contributed by atoms with E-state index >= 15 is 0 Å². The van der Waals surface area contributed by atoms with E-state index in [-0.39, 0.29) is 24.1 Å². The van der Waals surface area contributed by atoms with E-state index in [1.54, 1.807) is 20.8 Å². The number of benzene rings is 1. The first-order chi connectivity index (χ1) is 11.0. The number of aliphatic hydroxyl groups is 2. The zero-order valence-electron chi connectivity index (χ0n) is 13.7. The third-order valence-electron chi connectivity index (χ3n) is 2.95. The van der Waals surface area contributed by atoms with E-state index in [1.165, 1.54) is 12.1 Å². The van der Waals surface area contributed by atoms with Crippen molar-refractivity contribution >= 4 is 12.1 Å². The van der Waals surface area contributed by atoms with Gasteiger partial charge in [-0.1, -0.05) is 6.07 Å². The number of carboxylic acid groups (broad SMARTS) is 1. The number of hydrogen-bond acceptors (Lipinski definition) is 5. The van der Waals surface area contributed by atoms with Gasteiger partial charge >= 0.3 is 12.1 Å². The van der Waals surface area contributed by atoms with Gasteiger partial charge in [0, 0.05) is 12.1 Å². The zero-order chi connectivity index (χ0) is 18.5. The fourth-order valence-corrected chi connectivity index (χ4v) is 1.93. The summed E-state index contributed by atoms with van der Waals surface area (Å²) >= 11 is 0. The molecule has 1 aromatic rings. The Morgan fingerprint density at radius 3 is 2.46 bits per heavy atom. The average molecular weight is 343 g/mol. The quantitative estimate of drug-likeness (QED) is 0.620. The molecule has 2 atom stereocenters. The molecule has 1 rings (SSSR count). The summed E-state index contributed by atoms with van der Waals surface area (Å²) in [7, 11) is 0. The summed E-state index contributed by atoms with van der Waals surface area (Å²) in [6.45, 7) is 4.64. The third-order valence-corrected chi connectivity index (χ3v) is 2.95. The minimum atomic E-state index is -1.63. The standard InChI is InChI=1S/C16H22FNO6/c1-16(2,3)24-15(23)18-8-12(19)14(22)10-6-9(7-13(20)21)4-5-11(10)17/h4-6,12,14,19,22H,7-8H2,1-3H3,(H,18,23)(H,20,21). The molecule has 8 heteroatoms. The van der Waals surface area contributed by atoms with Crippen LogP contribution in [0.25, 0.3) is 0 Å². The van der Waals surface area contributed by atoms with Gasteiger partial charge < -0.3 is 25.4 Å². The average Bonchev–Trinajstić information content (AvgIpc) is 2.43. The van der Waals surface area contributed by atoms with Crippen molar-refractivity contribution in [3.8, 4) is 0 Å². The Balaban J connectivity index is 2.73. The van der Waals surface area contributed by atoms with Gasteiger partial charge in [0.1, 0.15) is 23.6 Å². The number of carbonyl (C=O) groups is 2. The Kier molecular flexibility index (Phi) is 6.68. The van der Waals surface area contributed by atoms with Crippen molar-refractivity contribution in [2.24, 2.45) is 0 Å². The Labute approximate surface area is 139 Å². The number of ether oxygens (including phenoxy) is 1. The van der Waals surface area contributed by atoms with Crippen molar-refractivity contribution in [3.63, 3.8) is 0 Å². The molecule has 0 radical (unpaired) electrons. The van der Waals surface area contributed by atoms with Crippen LogP contribution in [0.5, 0.6) is 0 Å². The van der Waals surface area contributed by atoms with Crippen molar-refractivity contribution in [2.75, 3.05) is 6.54 Å². The molecule has 2 unspecified atom stereocenters. The molecule has 134 valence electrons. The molecule has 0 aliphatic rings. The van der Waals surface area contributed by atoms with E-state index in [1.807, 2.05) is 0 Å². The maximum atomic E-state index is 13.8. The largest absolute Gasteiger partial charge is 0.481 e. The van der Waals surface area contributed by atoms with Crippen LogP contribution in [0.4, 0.5) is 9.18 Å². The van der Waals surface area contributed by atoms with E-state index in [0.717, 1.165) is 6.07 Å². The van der Waals surface area contributed by atoms with Gasteiger partial charge in [-0.05, 0) is 38.5 Å². The van der Waals surface area contributed by atoms with Crippen LogP contribution in [0.2, 0.25) is 0 Å². The molecule has 1 amide bonds. The van der Waals surface area contributed by atoms with Crippen molar-refractivity contribution in [1.29, 1.82) is 0 Å². The van der Waals surface area contributed by atoms with E-state index in [0.29, 0.717) is 0 Å². The number of halogens is 1. The lowest BCUT2D eigenvalue weighted by Gasteiger charge is -2.22. The number of aliphatic carboxylic acids is 1. The first-order valence-corrected chi connectivity index (χ1v) is 7.32. The fraction of sp³-hybridized carbons (Fsp3) is 0.500. The van der Waals surface area contributed by atoms with Crippen LogP contribution < -0.4 is 5.32 Å². The minimum Gasteiger partial charge on any atom is -0.481 e. The van der Waals surface area contributed by atoms with Gasteiger partial charge in [0.05, 0.1) is 6.42 Å². The molecule has 4 N–H and O–H groups in total. The van der Waals surface area contributed by atoms with Crippen molar-refractivity contribution in [2.45, 2.75) is 45.0 Å². The highest BCUT2D eigenvalue weighted by Gasteiger charge is 2.24. The molecule has 0 fully saturated rings. The highest BCUT2D eigenvalue weighted by atomic mass is 19.1. The summed E-state index contributed by atoms with van der Waals surface area (Å²) in [6.07, 6.45) is -4.25. The summed E-state index contributed by atoms with van der Waals surface area (Å²) < 4.78 is 18.8. The van der Waals surface area contributed by atoms with Crippen molar-refractivity contribution in [1.82, 2.24) is 5.32 Å². The number of alkyl carbamates (subject to hydrolysis) is 1. The Hall–Kier alpha value is -2.19. The summed E-state index contributed by atoms with van der Waals surface area (Å²) in [4.78, 5) is 22.2. The molecule has 0 aliphatic heterocycles. The second-order valence-corrected chi connectivity index (χ2v) is 6.32. The lowest BCUT2D eigenvalue weighted by molar-refractivity contribution is -0.136. The topological polar surface area (TPSA) is 116 Å². The highest BCUT2D eigenvalue weighted by Crippen LogP contribution is 2.22. The monoisotopic (exact) mass is 343 g/mol.